The lowest BCUT2D eigenvalue weighted by atomic mass is 10.0. The van der Waals surface area contributed by atoms with Crippen LogP contribution in [0.4, 0.5) is 0 Å². The van der Waals surface area contributed by atoms with Crippen LogP contribution in [0.25, 0.3) is 0 Å². The molecule has 5 nitrogen and oxygen atoms in total. The van der Waals surface area contributed by atoms with Gasteiger partial charge in [0.2, 0.25) is 5.91 Å². The van der Waals surface area contributed by atoms with E-state index in [-0.39, 0.29) is 5.91 Å². The highest BCUT2D eigenvalue weighted by molar-refractivity contribution is 5.76. The molecule has 29 heavy (non-hydrogen) atoms. The number of amides is 1. The van der Waals surface area contributed by atoms with Crippen LogP contribution in [0.5, 0.6) is 5.75 Å². The molecule has 0 radical (unpaired) electrons. The van der Waals surface area contributed by atoms with Crippen LogP contribution in [0.1, 0.15) is 23.1 Å². The second-order valence-corrected chi connectivity index (χ2v) is 7.85. The number of carbonyl (C=O) groups excluding carboxylic acids is 1. The number of likely N-dealkylation sites (N-methyl/N-ethyl adjacent to an activating group) is 1. The molecule has 0 aliphatic carbocycles. The zero-order valence-corrected chi connectivity index (χ0v) is 17.5. The van der Waals surface area contributed by atoms with Crippen molar-refractivity contribution < 1.29 is 14.6 Å². The van der Waals surface area contributed by atoms with E-state index in [2.05, 4.69) is 29.2 Å². The van der Waals surface area contributed by atoms with E-state index in [1.165, 1.54) is 11.1 Å². The number of ether oxygens (including phenoxy) is 1. The van der Waals surface area contributed by atoms with Crippen LogP contribution < -0.4 is 4.74 Å². The molecule has 0 saturated carbocycles. The molecule has 1 aliphatic rings. The Morgan fingerprint density at radius 1 is 1.14 bits per heavy atom. The van der Waals surface area contributed by atoms with Crippen molar-refractivity contribution in [1.29, 1.82) is 0 Å². The van der Waals surface area contributed by atoms with E-state index < -0.39 is 6.10 Å². The Morgan fingerprint density at radius 3 is 2.48 bits per heavy atom. The van der Waals surface area contributed by atoms with Gasteiger partial charge in [-0.25, -0.2) is 0 Å². The van der Waals surface area contributed by atoms with Gasteiger partial charge in [-0.3, -0.25) is 4.79 Å². The molecule has 0 bridgehead atoms. The molecule has 0 spiro atoms. The summed E-state index contributed by atoms with van der Waals surface area (Å²) in [5.74, 6) is 0.855. The first-order chi connectivity index (χ1) is 14.0. The van der Waals surface area contributed by atoms with Crippen molar-refractivity contribution in [2.75, 3.05) is 40.3 Å². The zero-order valence-electron chi connectivity index (χ0n) is 17.5. The summed E-state index contributed by atoms with van der Waals surface area (Å²) in [5, 5.41) is 10.5. The minimum atomic E-state index is -0.540. The Morgan fingerprint density at radius 2 is 1.83 bits per heavy atom. The Labute approximate surface area is 173 Å². The molecule has 3 rings (SSSR count). The first kappa shape index (κ1) is 21.3. The van der Waals surface area contributed by atoms with Crippen LogP contribution in [0, 0.1) is 0 Å². The van der Waals surface area contributed by atoms with E-state index in [4.69, 9.17) is 4.74 Å². The average Bonchev–Trinajstić information content (AvgIpc) is 2.94. The van der Waals surface area contributed by atoms with Crippen molar-refractivity contribution in [2.24, 2.45) is 0 Å². The number of nitrogens with zero attached hydrogens (tertiary/aromatic N) is 2. The summed E-state index contributed by atoms with van der Waals surface area (Å²) in [6, 6.07) is 16.4. The molecule has 1 amide bonds. The zero-order chi connectivity index (χ0) is 20.6. The molecule has 1 heterocycles. The fourth-order valence-corrected chi connectivity index (χ4v) is 3.94. The van der Waals surface area contributed by atoms with Gasteiger partial charge in [-0.2, -0.15) is 0 Å². The van der Waals surface area contributed by atoms with Crippen LogP contribution in [0.2, 0.25) is 0 Å². The highest BCUT2D eigenvalue weighted by Gasteiger charge is 2.19. The van der Waals surface area contributed by atoms with Gasteiger partial charge >= 0.3 is 0 Å². The third-order valence-corrected chi connectivity index (χ3v) is 5.65. The monoisotopic (exact) mass is 396 g/mol. The van der Waals surface area contributed by atoms with E-state index in [0.29, 0.717) is 25.9 Å². The molecule has 2 aromatic carbocycles. The number of benzene rings is 2. The van der Waals surface area contributed by atoms with Gasteiger partial charge < -0.3 is 19.6 Å². The van der Waals surface area contributed by atoms with E-state index in [1.54, 1.807) is 19.1 Å². The first-order valence-electron chi connectivity index (χ1n) is 10.4. The smallest absolute Gasteiger partial charge is 0.222 e. The van der Waals surface area contributed by atoms with E-state index in [0.717, 1.165) is 37.2 Å². The number of aliphatic hydroxyl groups excluding tert-OH is 1. The third-order valence-electron chi connectivity index (χ3n) is 5.65. The number of rotatable bonds is 8. The quantitative estimate of drug-likeness (QED) is 0.745. The second kappa shape index (κ2) is 10.4. The second-order valence-electron chi connectivity index (χ2n) is 7.85. The number of methoxy groups -OCH3 is 1. The van der Waals surface area contributed by atoms with E-state index in [1.807, 2.05) is 24.3 Å². The number of aliphatic hydroxyl groups is 1. The number of β-amino-alcohol motifs (C(OH)–C–C–N with tert-alkyl or cyclic N) is 1. The lowest BCUT2D eigenvalue weighted by molar-refractivity contribution is -0.131. The van der Waals surface area contributed by atoms with Gasteiger partial charge in [-0.05, 0) is 48.1 Å². The Hall–Kier alpha value is -2.37. The van der Waals surface area contributed by atoms with E-state index in [9.17, 15) is 9.90 Å². The molecule has 2 aromatic rings. The van der Waals surface area contributed by atoms with Gasteiger partial charge in [-0.1, -0.05) is 36.4 Å². The van der Waals surface area contributed by atoms with Gasteiger partial charge in [0.1, 0.15) is 5.75 Å². The molecule has 0 aromatic heterocycles. The number of hydrogen-bond acceptors (Lipinski definition) is 4. The third kappa shape index (κ3) is 6.31. The molecule has 0 saturated heterocycles. The number of hydrogen-bond donors (Lipinski definition) is 1. The predicted molar refractivity (Wildman–Crippen MR) is 115 cm³/mol. The van der Waals surface area contributed by atoms with Gasteiger partial charge in [0.15, 0.2) is 0 Å². The number of carbonyl (C=O) groups is 1. The maximum absolute atomic E-state index is 12.5. The topological polar surface area (TPSA) is 53.0 Å². The molecule has 156 valence electrons. The molecule has 1 atom stereocenters. The average molecular weight is 397 g/mol. The largest absolute Gasteiger partial charge is 0.497 e. The summed E-state index contributed by atoms with van der Waals surface area (Å²) in [5.41, 5.74) is 3.90. The Balaban J connectivity index is 1.42. The first-order valence-corrected chi connectivity index (χ1v) is 10.4. The standard InChI is InChI=1S/C24H32N2O3/c1-25(24(28)11-10-19-6-5-9-23(16-19)29-2)17-22(27)18-26-14-12-20-7-3-4-8-21(20)13-15-26/h3-9,16,22,27H,10-15,17-18H2,1-2H3. The SMILES string of the molecule is COc1cccc(CCC(=O)N(C)CC(O)CN2CCc3ccccc3CC2)c1. The normalized spacial score (nSPS) is 15.3. The van der Waals surface area contributed by atoms with Gasteiger partial charge in [0.05, 0.1) is 13.2 Å². The highest BCUT2D eigenvalue weighted by Crippen LogP contribution is 2.16. The number of fused-ring (bicyclic) bond motifs is 1. The summed E-state index contributed by atoms with van der Waals surface area (Å²) >= 11 is 0. The molecular formula is C24H32N2O3. The van der Waals surface area contributed by atoms with E-state index >= 15 is 0 Å². The Kier molecular flexibility index (Phi) is 7.67. The fourth-order valence-electron chi connectivity index (χ4n) is 3.94. The Bertz CT molecular complexity index is 781. The van der Waals surface area contributed by atoms with Crippen LogP contribution >= 0.6 is 0 Å². The maximum atomic E-state index is 12.5. The van der Waals surface area contributed by atoms with Crippen molar-refractivity contribution in [2.45, 2.75) is 31.8 Å². The van der Waals surface area contributed by atoms with Crippen LogP contribution in [-0.4, -0.2) is 67.3 Å². The lowest BCUT2D eigenvalue weighted by Gasteiger charge is -2.26. The predicted octanol–water partition coefficient (Wildman–Crippen LogP) is 2.55. The molecule has 5 heteroatoms. The molecule has 1 N–H and O–H groups in total. The molecular weight excluding hydrogens is 364 g/mol. The molecule has 1 unspecified atom stereocenters. The lowest BCUT2D eigenvalue weighted by Crippen LogP contribution is -2.42. The molecule has 0 fully saturated rings. The van der Waals surface area contributed by atoms with Crippen molar-refractivity contribution in [3.05, 3.63) is 65.2 Å². The van der Waals surface area contributed by atoms with Gasteiger partial charge in [0.25, 0.3) is 0 Å². The summed E-state index contributed by atoms with van der Waals surface area (Å²) in [6.45, 7) is 2.85. The summed E-state index contributed by atoms with van der Waals surface area (Å²) in [6.07, 6.45) is 2.58. The summed E-state index contributed by atoms with van der Waals surface area (Å²) < 4.78 is 5.23. The number of aryl methyl sites for hydroxylation is 1. The van der Waals surface area contributed by atoms with Crippen LogP contribution in [0.3, 0.4) is 0 Å². The summed E-state index contributed by atoms with van der Waals surface area (Å²) in [4.78, 5) is 16.4. The minimum Gasteiger partial charge on any atom is -0.497 e. The maximum Gasteiger partial charge on any atom is 0.222 e. The van der Waals surface area contributed by atoms with Gasteiger partial charge in [0, 0.05) is 39.6 Å². The summed E-state index contributed by atoms with van der Waals surface area (Å²) in [7, 11) is 3.41. The minimum absolute atomic E-state index is 0.0511. The highest BCUT2D eigenvalue weighted by atomic mass is 16.5. The van der Waals surface area contributed by atoms with Crippen molar-refractivity contribution in [3.63, 3.8) is 0 Å². The van der Waals surface area contributed by atoms with Crippen molar-refractivity contribution >= 4 is 5.91 Å². The van der Waals surface area contributed by atoms with Crippen molar-refractivity contribution in [1.82, 2.24) is 9.80 Å². The molecule has 1 aliphatic heterocycles. The van der Waals surface area contributed by atoms with Gasteiger partial charge in [-0.15, -0.1) is 0 Å². The van der Waals surface area contributed by atoms with Crippen molar-refractivity contribution in [3.8, 4) is 5.75 Å². The van der Waals surface area contributed by atoms with Crippen LogP contribution in [-0.2, 0) is 24.1 Å². The van der Waals surface area contributed by atoms with Crippen LogP contribution in [0.15, 0.2) is 48.5 Å². The fraction of sp³-hybridized carbons (Fsp3) is 0.458.